The van der Waals surface area contributed by atoms with Crippen LogP contribution < -0.4 is 5.56 Å². The Hall–Kier alpha value is -2.49. The van der Waals surface area contributed by atoms with Crippen LogP contribution in [0.5, 0.6) is 0 Å². The zero-order chi connectivity index (χ0) is 13.5. The number of pyridine rings is 1. The number of nitrogens with one attached hydrogen (secondary N) is 1. The lowest BCUT2D eigenvalue weighted by molar-refractivity contribution is 0.977. The highest BCUT2D eigenvalue weighted by molar-refractivity contribution is 5.92. The first kappa shape index (κ1) is 11.3. The summed E-state index contributed by atoms with van der Waals surface area (Å²) in [6.07, 6.45) is 4.02. The van der Waals surface area contributed by atoms with Crippen LogP contribution in [0.15, 0.2) is 47.4 Å². The van der Waals surface area contributed by atoms with E-state index in [1.165, 1.54) is 0 Å². The predicted octanol–water partition coefficient (Wildman–Crippen LogP) is 2.86. The van der Waals surface area contributed by atoms with E-state index in [4.69, 9.17) is 0 Å². The van der Waals surface area contributed by atoms with E-state index < -0.39 is 0 Å². The molecule has 1 aliphatic carbocycles. The fourth-order valence-corrected chi connectivity index (χ4v) is 2.49. The molecule has 1 aliphatic rings. The number of rotatable bonds is 2. The lowest BCUT2D eigenvalue weighted by Gasteiger charge is -2.06. The van der Waals surface area contributed by atoms with Gasteiger partial charge in [0.1, 0.15) is 5.82 Å². The van der Waals surface area contributed by atoms with Crippen molar-refractivity contribution in [1.29, 1.82) is 0 Å². The molecule has 98 valence electrons. The Kier molecular flexibility index (Phi) is 2.42. The van der Waals surface area contributed by atoms with Crippen LogP contribution in [0.4, 0.5) is 0 Å². The van der Waals surface area contributed by atoms with Crippen LogP contribution in [0.25, 0.3) is 22.3 Å². The highest BCUT2D eigenvalue weighted by Gasteiger charge is 2.26. The molecule has 4 heteroatoms. The molecule has 0 bridgehead atoms. The van der Waals surface area contributed by atoms with Crippen LogP contribution in [0.3, 0.4) is 0 Å². The molecule has 3 aromatic rings. The Bertz CT molecular complexity index is 844. The average molecular weight is 263 g/mol. The molecule has 2 heterocycles. The van der Waals surface area contributed by atoms with Gasteiger partial charge in [0.15, 0.2) is 0 Å². The Balaban J connectivity index is 1.97. The second-order valence-electron chi connectivity index (χ2n) is 5.17. The fourth-order valence-electron chi connectivity index (χ4n) is 2.49. The Labute approximate surface area is 115 Å². The van der Waals surface area contributed by atoms with Crippen molar-refractivity contribution < 1.29 is 0 Å². The number of benzene rings is 1. The molecule has 4 rings (SSSR count). The molecule has 2 aromatic heterocycles. The molecule has 0 radical (unpaired) electrons. The minimum absolute atomic E-state index is 0.0854. The van der Waals surface area contributed by atoms with E-state index in [9.17, 15) is 4.79 Å². The van der Waals surface area contributed by atoms with Crippen molar-refractivity contribution >= 4 is 10.9 Å². The van der Waals surface area contributed by atoms with Gasteiger partial charge in [0, 0.05) is 29.1 Å². The Morgan fingerprint density at radius 2 is 2.00 bits per heavy atom. The molecule has 0 saturated heterocycles. The van der Waals surface area contributed by atoms with Gasteiger partial charge in [0.05, 0.1) is 11.2 Å². The van der Waals surface area contributed by atoms with Crippen LogP contribution >= 0.6 is 0 Å². The van der Waals surface area contributed by atoms with E-state index in [0.29, 0.717) is 11.7 Å². The van der Waals surface area contributed by atoms with E-state index >= 15 is 0 Å². The van der Waals surface area contributed by atoms with Crippen molar-refractivity contribution in [2.24, 2.45) is 0 Å². The number of aromatic amines is 1. The molecule has 0 unspecified atom stereocenters. The van der Waals surface area contributed by atoms with Crippen LogP contribution in [-0.2, 0) is 0 Å². The van der Waals surface area contributed by atoms with Gasteiger partial charge in [-0.2, -0.15) is 0 Å². The molecule has 0 amide bonds. The third kappa shape index (κ3) is 1.90. The van der Waals surface area contributed by atoms with Crippen molar-refractivity contribution in [2.45, 2.75) is 18.8 Å². The van der Waals surface area contributed by atoms with E-state index in [1.54, 1.807) is 12.3 Å². The second kappa shape index (κ2) is 4.27. The molecule has 1 fully saturated rings. The zero-order valence-electron chi connectivity index (χ0n) is 10.8. The van der Waals surface area contributed by atoms with Crippen molar-refractivity contribution in [2.75, 3.05) is 0 Å². The third-order valence-corrected chi connectivity index (χ3v) is 3.66. The molecule has 1 saturated carbocycles. The standard InChI is InChI=1S/C16H13N3O/c20-15-9-14(10-5-6-10)18-16(19-15)12-7-8-17-13-4-2-1-3-11(12)13/h1-4,7-10H,5-6H2,(H,18,19,20). The highest BCUT2D eigenvalue weighted by Crippen LogP contribution is 2.39. The van der Waals surface area contributed by atoms with Crippen LogP contribution in [0.2, 0.25) is 0 Å². The lowest BCUT2D eigenvalue weighted by atomic mass is 10.1. The van der Waals surface area contributed by atoms with E-state index in [0.717, 1.165) is 35.0 Å². The van der Waals surface area contributed by atoms with Crippen molar-refractivity contribution in [1.82, 2.24) is 15.0 Å². The van der Waals surface area contributed by atoms with Gasteiger partial charge in [-0.3, -0.25) is 9.78 Å². The van der Waals surface area contributed by atoms with Crippen LogP contribution in [0.1, 0.15) is 24.5 Å². The minimum Gasteiger partial charge on any atom is -0.306 e. The van der Waals surface area contributed by atoms with Gasteiger partial charge in [0.25, 0.3) is 5.56 Å². The number of nitrogens with zero attached hydrogens (tertiary/aromatic N) is 2. The molecule has 4 nitrogen and oxygen atoms in total. The van der Waals surface area contributed by atoms with Gasteiger partial charge in [0.2, 0.25) is 0 Å². The van der Waals surface area contributed by atoms with Gasteiger partial charge in [-0.05, 0) is 25.0 Å². The molecule has 0 atom stereocenters. The number of aromatic nitrogens is 3. The molecular formula is C16H13N3O. The normalized spacial score (nSPS) is 14.6. The Morgan fingerprint density at radius 3 is 2.85 bits per heavy atom. The Morgan fingerprint density at radius 1 is 1.15 bits per heavy atom. The first-order valence-corrected chi connectivity index (χ1v) is 6.77. The summed E-state index contributed by atoms with van der Waals surface area (Å²) in [6, 6.07) is 11.4. The summed E-state index contributed by atoms with van der Waals surface area (Å²) >= 11 is 0. The maximum absolute atomic E-state index is 11.8. The summed E-state index contributed by atoms with van der Waals surface area (Å²) in [5.41, 5.74) is 2.65. The van der Waals surface area contributed by atoms with E-state index in [1.807, 2.05) is 30.3 Å². The summed E-state index contributed by atoms with van der Waals surface area (Å²) in [7, 11) is 0. The number of hydrogen-bond acceptors (Lipinski definition) is 3. The SMILES string of the molecule is O=c1cc(C2CC2)nc(-c2ccnc3ccccc23)[nH]1. The summed E-state index contributed by atoms with van der Waals surface area (Å²) in [5, 5.41) is 1.01. The maximum Gasteiger partial charge on any atom is 0.251 e. The number of hydrogen-bond donors (Lipinski definition) is 1. The van der Waals surface area contributed by atoms with Gasteiger partial charge in [-0.25, -0.2) is 4.98 Å². The number of para-hydroxylation sites is 1. The third-order valence-electron chi connectivity index (χ3n) is 3.66. The number of H-pyrrole nitrogens is 1. The second-order valence-corrected chi connectivity index (χ2v) is 5.17. The lowest BCUT2D eigenvalue weighted by Crippen LogP contribution is -2.10. The maximum atomic E-state index is 11.8. The predicted molar refractivity (Wildman–Crippen MR) is 77.6 cm³/mol. The average Bonchev–Trinajstić information content (AvgIpc) is 3.30. The largest absolute Gasteiger partial charge is 0.306 e. The van der Waals surface area contributed by atoms with Crippen molar-refractivity contribution in [3.63, 3.8) is 0 Å². The number of fused-ring (bicyclic) bond motifs is 1. The van der Waals surface area contributed by atoms with Crippen molar-refractivity contribution in [3.8, 4) is 11.4 Å². The van der Waals surface area contributed by atoms with Gasteiger partial charge in [-0.15, -0.1) is 0 Å². The van der Waals surface area contributed by atoms with Crippen molar-refractivity contribution in [3.05, 3.63) is 58.6 Å². The smallest absolute Gasteiger partial charge is 0.251 e. The molecule has 1 N–H and O–H groups in total. The first-order chi connectivity index (χ1) is 9.81. The zero-order valence-corrected chi connectivity index (χ0v) is 10.8. The highest BCUT2D eigenvalue weighted by atomic mass is 16.1. The van der Waals surface area contributed by atoms with E-state index in [-0.39, 0.29) is 5.56 Å². The fraction of sp³-hybridized carbons (Fsp3) is 0.188. The first-order valence-electron chi connectivity index (χ1n) is 6.77. The van der Waals surface area contributed by atoms with Gasteiger partial charge >= 0.3 is 0 Å². The monoisotopic (exact) mass is 263 g/mol. The molecule has 20 heavy (non-hydrogen) atoms. The summed E-state index contributed by atoms with van der Waals surface area (Å²) in [6.45, 7) is 0. The van der Waals surface area contributed by atoms with Crippen LogP contribution in [0, 0.1) is 0 Å². The summed E-state index contributed by atoms with van der Waals surface area (Å²) < 4.78 is 0. The topological polar surface area (TPSA) is 58.6 Å². The van der Waals surface area contributed by atoms with E-state index in [2.05, 4.69) is 15.0 Å². The summed E-state index contributed by atoms with van der Waals surface area (Å²) in [4.78, 5) is 23.7. The minimum atomic E-state index is -0.0854. The molecule has 0 aliphatic heterocycles. The summed E-state index contributed by atoms with van der Waals surface area (Å²) in [5.74, 6) is 1.10. The molecule has 1 aromatic carbocycles. The molecular weight excluding hydrogens is 250 g/mol. The molecule has 0 spiro atoms. The van der Waals surface area contributed by atoms with Gasteiger partial charge in [-0.1, -0.05) is 18.2 Å². The van der Waals surface area contributed by atoms with Crippen LogP contribution in [-0.4, -0.2) is 15.0 Å². The quantitative estimate of drug-likeness (QED) is 0.773. The van der Waals surface area contributed by atoms with Gasteiger partial charge < -0.3 is 4.98 Å².